The number of amides is 1. The third-order valence-corrected chi connectivity index (χ3v) is 3.87. The maximum absolute atomic E-state index is 12.9. The summed E-state index contributed by atoms with van der Waals surface area (Å²) in [6.45, 7) is 0.920. The summed E-state index contributed by atoms with van der Waals surface area (Å²) in [6, 6.07) is 11.5. The lowest BCUT2D eigenvalue weighted by atomic mass is 10.1. The van der Waals surface area contributed by atoms with Gasteiger partial charge >= 0.3 is 12.1 Å². The SMILES string of the molecule is Cc1c(C(=O)OCC(=O)Nc2ccccc2C(F)(F)F)oc2ccccc12. The van der Waals surface area contributed by atoms with Crippen LogP contribution >= 0.6 is 0 Å². The number of fused-ring (bicyclic) bond motifs is 1. The second-order valence-electron chi connectivity index (χ2n) is 5.72. The molecule has 1 N–H and O–H groups in total. The number of carbonyl (C=O) groups excluding carboxylic acids is 2. The second-order valence-corrected chi connectivity index (χ2v) is 5.72. The molecule has 1 heterocycles. The summed E-state index contributed by atoms with van der Waals surface area (Å²) in [5, 5.41) is 2.83. The van der Waals surface area contributed by atoms with E-state index >= 15 is 0 Å². The number of hydrogen-bond donors (Lipinski definition) is 1. The first-order valence-corrected chi connectivity index (χ1v) is 7.88. The Morgan fingerprint density at radius 1 is 1.07 bits per heavy atom. The van der Waals surface area contributed by atoms with Crippen molar-refractivity contribution in [3.8, 4) is 0 Å². The number of anilines is 1. The maximum atomic E-state index is 12.9. The van der Waals surface area contributed by atoms with Gasteiger partial charge in [0.25, 0.3) is 5.91 Å². The molecule has 0 aliphatic carbocycles. The van der Waals surface area contributed by atoms with E-state index in [1.165, 1.54) is 12.1 Å². The minimum absolute atomic E-state index is 0.0558. The van der Waals surface area contributed by atoms with Gasteiger partial charge in [0, 0.05) is 10.9 Å². The van der Waals surface area contributed by atoms with E-state index in [2.05, 4.69) is 5.32 Å². The minimum Gasteiger partial charge on any atom is -0.450 e. The highest BCUT2D eigenvalue weighted by atomic mass is 19.4. The molecule has 0 unspecified atom stereocenters. The number of halogens is 3. The first-order chi connectivity index (χ1) is 12.8. The van der Waals surface area contributed by atoms with Crippen LogP contribution in [0.5, 0.6) is 0 Å². The van der Waals surface area contributed by atoms with Crippen molar-refractivity contribution in [2.75, 3.05) is 11.9 Å². The average molecular weight is 377 g/mol. The van der Waals surface area contributed by atoms with E-state index in [1.807, 2.05) is 0 Å². The zero-order valence-corrected chi connectivity index (χ0v) is 14.1. The van der Waals surface area contributed by atoms with Crippen molar-refractivity contribution < 1.29 is 31.9 Å². The van der Waals surface area contributed by atoms with Crippen LogP contribution in [-0.2, 0) is 15.7 Å². The summed E-state index contributed by atoms with van der Waals surface area (Å²) < 4.78 is 49.1. The zero-order valence-electron chi connectivity index (χ0n) is 14.1. The summed E-state index contributed by atoms with van der Waals surface area (Å²) in [5.74, 6) is -1.82. The molecule has 3 rings (SSSR count). The molecule has 1 aromatic heterocycles. The zero-order chi connectivity index (χ0) is 19.6. The molecule has 3 aromatic rings. The molecule has 5 nitrogen and oxygen atoms in total. The Labute approximate surface area is 151 Å². The van der Waals surface area contributed by atoms with Gasteiger partial charge in [0.2, 0.25) is 5.76 Å². The highest BCUT2D eigenvalue weighted by Gasteiger charge is 2.33. The van der Waals surface area contributed by atoms with Gasteiger partial charge in [-0.25, -0.2) is 4.79 Å². The molecule has 0 saturated carbocycles. The van der Waals surface area contributed by atoms with Crippen LogP contribution in [0, 0.1) is 6.92 Å². The summed E-state index contributed by atoms with van der Waals surface area (Å²) >= 11 is 0. The third-order valence-electron chi connectivity index (χ3n) is 3.87. The van der Waals surface area contributed by atoms with Crippen molar-refractivity contribution in [1.29, 1.82) is 0 Å². The number of ether oxygens (including phenoxy) is 1. The number of rotatable bonds is 4. The lowest BCUT2D eigenvalue weighted by molar-refractivity contribution is -0.137. The maximum Gasteiger partial charge on any atom is 0.418 e. The van der Waals surface area contributed by atoms with Crippen LogP contribution in [0.4, 0.5) is 18.9 Å². The topological polar surface area (TPSA) is 68.5 Å². The van der Waals surface area contributed by atoms with Gasteiger partial charge in [0.05, 0.1) is 11.3 Å². The molecule has 0 aliphatic rings. The minimum atomic E-state index is -4.62. The Balaban J connectivity index is 1.67. The second kappa shape index (κ2) is 7.14. The van der Waals surface area contributed by atoms with Gasteiger partial charge in [-0.05, 0) is 25.1 Å². The van der Waals surface area contributed by atoms with Crippen molar-refractivity contribution in [2.24, 2.45) is 0 Å². The fourth-order valence-corrected chi connectivity index (χ4v) is 2.59. The van der Waals surface area contributed by atoms with E-state index in [-0.39, 0.29) is 5.76 Å². The molecule has 27 heavy (non-hydrogen) atoms. The number of furan rings is 1. The molecule has 0 saturated heterocycles. The van der Waals surface area contributed by atoms with E-state index in [9.17, 15) is 22.8 Å². The van der Waals surface area contributed by atoms with Gasteiger partial charge in [-0.3, -0.25) is 4.79 Å². The van der Waals surface area contributed by atoms with Gasteiger partial charge in [0.1, 0.15) is 5.58 Å². The monoisotopic (exact) mass is 377 g/mol. The van der Waals surface area contributed by atoms with Gasteiger partial charge in [-0.2, -0.15) is 13.2 Å². The van der Waals surface area contributed by atoms with Gasteiger partial charge < -0.3 is 14.5 Å². The normalized spacial score (nSPS) is 11.4. The first-order valence-electron chi connectivity index (χ1n) is 7.88. The van der Waals surface area contributed by atoms with Crippen molar-refractivity contribution in [3.05, 3.63) is 65.4 Å². The van der Waals surface area contributed by atoms with E-state index in [0.717, 1.165) is 17.5 Å². The van der Waals surface area contributed by atoms with Crippen molar-refractivity contribution >= 4 is 28.5 Å². The van der Waals surface area contributed by atoms with Crippen molar-refractivity contribution in [3.63, 3.8) is 0 Å². The molecule has 0 radical (unpaired) electrons. The largest absolute Gasteiger partial charge is 0.450 e. The fourth-order valence-electron chi connectivity index (χ4n) is 2.59. The van der Waals surface area contributed by atoms with Crippen LogP contribution in [0.2, 0.25) is 0 Å². The van der Waals surface area contributed by atoms with Crippen LogP contribution in [0.25, 0.3) is 11.0 Å². The average Bonchev–Trinajstić information content (AvgIpc) is 2.96. The molecule has 8 heteroatoms. The molecule has 1 amide bonds. The molecule has 0 fully saturated rings. The van der Waals surface area contributed by atoms with Crippen molar-refractivity contribution in [2.45, 2.75) is 13.1 Å². The summed E-state index contributed by atoms with van der Waals surface area (Å²) in [6.07, 6.45) is -4.62. The Hall–Kier alpha value is -3.29. The van der Waals surface area contributed by atoms with Crippen LogP contribution < -0.4 is 5.32 Å². The predicted molar refractivity (Wildman–Crippen MR) is 91.3 cm³/mol. The quantitative estimate of drug-likeness (QED) is 0.677. The Morgan fingerprint density at radius 3 is 2.44 bits per heavy atom. The number of nitrogens with one attached hydrogen (secondary N) is 1. The Morgan fingerprint density at radius 2 is 1.74 bits per heavy atom. The van der Waals surface area contributed by atoms with Crippen molar-refractivity contribution in [1.82, 2.24) is 0 Å². The van der Waals surface area contributed by atoms with E-state index in [0.29, 0.717) is 11.1 Å². The molecule has 0 bridgehead atoms. The van der Waals surface area contributed by atoms with E-state index < -0.39 is 35.9 Å². The van der Waals surface area contributed by atoms with Gasteiger partial charge in [-0.15, -0.1) is 0 Å². The van der Waals surface area contributed by atoms with Crippen LogP contribution in [-0.4, -0.2) is 18.5 Å². The molecule has 0 atom stereocenters. The summed E-state index contributed by atoms with van der Waals surface area (Å²) in [7, 11) is 0. The lowest BCUT2D eigenvalue weighted by Gasteiger charge is -2.13. The Kier molecular flexibility index (Phi) is 4.89. The number of para-hydroxylation sites is 2. The highest BCUT2D eigenvalue weighted by Crippen LogP contribution is 2.34. The summed E-state index contributed by atoms with van der Waals surface area (Å²) in [5.41, 5.74) is -0.354. The predicted octanol–water partition coefficient (Wildman–Crippen LogP) is 4.56. The van der Waals surface area contributed by atoms with E-state index in [1.54, 1.807) is 31.2 Å². The smallest absolute Gasteiger partial charge is 0.418 e. The first kappa shape index (κ1) is 18.5. The fraction of sp³-hybridized carbons (Fsp3) is 0.158. The van der Waals surface area contributed by atoms with Gasteiger partial charge in [-0.1, -0.05) is 30.3 Å². The number of esters is 1. The summed E-state index contributed by atoms with van der Waals surface area (Å²) in [4.78, 5) is 24.0. The van der Waals surface area contributed by atoms with Crippen LogP contribution in [0.3, 0.4) is 0 Å². The number of hydrogen-bond acceptors (Lipinski definition) is 4. The molecule has 0 aliphatic heterocycles. The van der Waals surface area contributed by atoms with Gasteiger partial charge in [0.15, 0.2) is 6.61 Å². The molecule has 2 aromatic carbocycles. The number of aryl methyl sites for hydroxylation is 1. The standard InChI is InChI=1S/C19H14F3NO4/c1-11-12-6-2-5-9-15(12)27-17(11)18(25)26-10-16(24)23-14-8-4-3-7-13(14)19(20,21)22/h2-9H,10H2,1H3,(H,23,24). The molecular formula is C19H14F3NO4. The third kappa shape index (κ3) is 3.94. The highest BCUT2D eigenvalue weighted by molar-refractivity contribution is 5.98. The molecule has 140 valence electrons. The molecule has 0 spiro atoms. The number of benzene rings is 2. The van der Waals surface area contributed by atoms with Crippen LogP contribution in [0.15, 0.2) is 52.9 Å². The van der Waals surface area contributed by atoms with E-state index in [4.69, 9.17) is 9.15 Å². The lowest BCUT2D eigenvalue weighted by Crippen LogP contribution is -2.22. The molecular weight excluding hydrogens is 363 g/mol. The number of carbonyl (C=O) groups is 2. The van der Waals surface area contributed by atoms with Crippen LogP contribution in [0.1, 0.15) is 21.7 Å². The Bertz CT molecular complexity index is 1010. The number of alkyl halides is 3.